The Morgan fingerprint density at radius 3 is 2.60 bits per heavy atom. The Kier molecular flexibility index (Phi) is 2.50. The molecule has 1 aliphatic carbocycles. The first-order valence-electron chi connectivity index (χ1n) is 5.38. The second kappa shape index (κ2) is 3.68. The summed E-state index contributed by atoms with van der Waals surface area (Å²) in [5, 5.41) is 6.46. The maximum Gasteiger partial charge on any atom is 0.134 e. The van der Waals surface area contributed by atoms with E-state index in [4.69, 9.17) is 0 Å². The zero-order valence-corrected chi connectivity index (χ0v) is 9.59. The third-order valence-electron chi connectivity index (χ3n) is 3.11. The van der Waals surface area contributed by atoms with Gasteiger partial charge in [-0.1, -0.05) is 6.92 Å². The Hall–Kier alpha value is -1.32. The standard InChI is InChI=1S/C11H18N4/c1-8-9(12-3)14-7-15-10(8)13-6-11(2)4-5-11/h7H,4-6H2,1-3H3,(H2,12,13,14,15). The molecule has 2 N–H and O–H groups in total. The van der Waals surface area contributed by atoms with Crippen LogP contribution in [0.3, 0.4) is 0 Å². The molecule has 4 heteroatoms. The van der Waals surface area contributed by atoms with Gasteiger partial charge in [0, 0.05) is 19.2 Å². The molecule has 2 rings (SSSR count). The first-order valence-corrected chi connectivity index (χ1v) is 5.38. The zero-order valence-electron chi connectivity index (χ0n) is 9.59. The van der Waals surface area contributed by atoms with E-state index in [1.54, 1.807) is 6.33 Å². The lowest BCUT2D eigenvalue weighted by atomic mass is 10.1. The summed E-state index contributed by atoms with van der Waals surface area (Å²) in [4.78, 5) is 8.41. The number of nitrogens with zero attached hydrogens (tertiary/aromatic N) is 2. The van der Waals surface area contributed by atoms with Crippen molar-refractivity contribution >= 4 is 11.6 Å². The minimum atomic E-state index is 0.497. The van der Waals surface area contributed by atoms with Gasteiger partial charge in [0.1, 0.15) is 18.0 Å². The molecule has 1 aliphatic rings. The van der Waals surface area contributed by atoms with Gasteiger partial charge < -0.3 is 10.6 Å². The maximum atomic E-state index is 4.26. The van der Waals surface area contributed by atoms with Crippen LogP contribution >= 0.6 is 0 Å². The van der Waals surface area contributed by atoms with Crippen molar-refractivity contribution in [2.24, 2.45) is 5.41 Å². The lowest BCUT2D eigenvalue weighted by Crippen LogP contribution is -2.14. The smallest absolute Gasteiger partial charge is 0.134 e. The summed E-state index contributed by atoms with van der Waals surface area (Å²) in [7, 11) is 1.88. The molecule has 1 fully saturated rings. The molecular weight excluding hydrogens is 188 g/mol. The Morgan fingerprint density at radius 2 is 2.00 bits per heavy atom. The van der Waals surface area contributed by atoms with E-state index in [9.17, 15) is 0 Å². The van der Waals surface area contributed by atoms with Gasteiger partial charge in [0.15, 0.2) is 0 Å². The highest BCUT2D eigenvalue weighted by Crippen LogP contribution is 2.44. The lowest BCUT2D eigenvalue weighted by Gasteiger charge is -2.13. The number of anilines is 2. The third-order valence-corrected chi connectivity index (χ3v) is 3.11. The quantitative estimate of drug-likeness (QED) is 0.791. The number of nitrogens with one attached hydrogen (secondary N) is 2. The fraction of sp³-hybridized carbons (Fsp3) is 0.636. The normalized spacial score (nSPS) is 17.3. The van der Waals surface area contributed by atoms with E-state index in [1.165, 1.54) is 12.8 Å². The van der Waals surface area contributed by atoms with Crippen LogP contribution in [-0.4, -0.2) is 23.6 Å². The van der Waals surface area contributed by atoms with Crippen molar-refractivity contribution in [3.63, 3.8) is 0 Å². The SMILES string of the molecule is CNc1ncnc(NCC2(C)CC2)c1C. The topological polar surface area (TPSA) is 49.8 Å². The van der Waals surface area contributed by atoms with Crippen molar-refractivity contribution < 1.29 is 0 Å². The molecule has 1 aromatic rings. The van der Waals surface area contributed by atoms with Gasteiger partial charge in [-0.3, -0.25) is 0 Å². The average molecular weight is 206 g/mol. The summed E-state index contributed by atoms with van der Waals surface area (Å²) in [5.74, 6) is 1.84. The number of hydrogen-bond acceptors (Lipinski definition) is 4. The summed E-state index contributed by atoms with van der Waals surface area (Å²) in [5.41, 5.74) is 1.58. The first-order chi connectivity index (χ1) is 7.14. The molecule has 0 aromatic carbocycles. The van der Waals surface area contributed by atoms with Crippen LogP contribution in [-0.2, 0) is 0 Å². The molecule has 4 nitrogen and oxygen atoms in total. The first kappa shape index (κ1) is 10.2. The molecule has 0 saturated heterocycles. The zero-order chi connectivity index (χ0) is 10.9. The summed E-state index contributed by atoms with van der Waals surface area (Å²) < 4.78 is 0. The van der Waals surface area contributed by atoms with Crippen LogP contribution in [0.1, 0.15) is 25.3 Å². The molecule has 15 heavy (non-hydrogen) atoms. The minimum absolute atomic E-state index is 0.497. The van der Waals surface area contributed by atoms with E-state index in [1.807, 2.05) is 14.0 Å². The van der Waals surface area contributed by atoms with Crippen molar-refractivity contribution in [1.29, 1.82) is 0 Å². The van der Waals surface area contributed by atoms with E-state index in [-0.39, 0.29) is 0 Å². The van der Waals surface area contributed by atoms with Crippen molar-refractivity contribution in [3.05, 3.63) is 11.9 Å². The Labute approximate surface area is 90.5 Å². The summed E-state index contributed by atoms with van der Waals surface area (Å²) >= 11 is 0. The largest absolute Gasteiger partial charge is 0.373 e. The third kappa shape index (κ3) is 2.19. The summed E-state index contributed by atoms with van der Waals surface area (Å²) in [6, 6.07) is 0. The average Bonchev–Trinajstić information content (AvgIpc) is 2.96. The second-order valence-corrected chi connectivity index (χ2v) is 4.61. The number of hydrogen-bond donors (Lipinski definition) is 2. The van der Waals surface area contributed by atoms with Gasteiger partial charge in [-0.15, -0.1) is 0 Å². The molecule has 82 valence electrons. The van der Waals surface area contributed by atoms with Crippen LogP contribution in [0.2, 0.25) is 0 Å². The Morgan fingerprint density at radius 1 is 1.33 bits per heavy atom. The van der Waals surface area contributed by atoms with Crippen molar-refractivity contribution in [3.8, 4) is 0 Å². The molecule has 0 radical (unpaired) electrons. The molecule has 1 aromatic heterocycles. The fourth-order valence-electron chi connectivity index (χ4n) is 1.57. The van der Waals surface area contributed by atoms with Gasteiger partial charge in [0.2, 0.25) is 0 Å². The van der Waals surface area contributed by atoms with Gasteiger partial charge in [0.25, 0.3) is 0 Å². The van der Waals surface area contributed by atoms with Crippen molar-refractivity contribution in [2.75, 3.05) is 24.2 Å². The van der Waals surface area contributed by atoms with E-state index >= 15 is 0 Å². The lowest BCUT2D eigenvalue weighted by molar-refractivity contribution is 0.609. The van der Waals surface area contributed by atoms with Crippen LogP contribution in [0.25, 0.3) is 0 Å². The van der Waals surface area contributed by atoms with Crippen LogP contribution < -0.4 is 10.6 Å². The molecule has 0 atom stereocenters. The highest BCUT2D eigenvalue weighted by molar-refractivity contribution is 5.56. The molecule has 1 saturated carbocycles. The van der Waals surface area contributed by atoms with E-state index in [2.05, 4.69) is 27.5 Å². The summed E-state index contributed by atoms with van der Waals surface area (Å²) in [6.07, 6.45) is 4.24. The Bertz CT molecular complexity index is 358. The van der Waals surface area contributed by atoms with Crippen LogP contribution in [0, 0.1) is 12.3 Å². The minimum Gasteiger partial charge on any atom is -0.373 e. The van der Waals surface area contributed by atoms with Crippen molar-refractivity contribution in [2.45, 2.75) is 26.7 Å². The molecule has 0 aliphatic heterocycles. The van der Waals surface area contributed by atoms with E-state index in [0.717, 1.165) is 23.7 Å². The van der Waals surface area contributed by atoms with Crippen LogP contribution in [0.4, 0.5) is 11.6 Å². The Balaban J connectivity index is 2.07. The van der Waals surface area contributed by atoms with Gasteiger partial charge in [0.05, 0.1) is 0 Å². The summed E-state index contributed by atoms with van der Waals surface area (Å²) in [6.45, 7) is 5.34. The number of aromatic nitrogens is 2. The molecular formula is C11H18N4. The van der Waals surface area contributed by atoms with Crippen LogP contribution in [0.5, 0.6) is 0 Å². The van der Waals surface area contributed by atoms with E-state index < -0.39 is 0 Å². The monoisotopic (exact) mass is 206 g/mol. The van der Waals surface area contributed by atoms with E-state index in [0.29, 0.717) is 5.41 Å². The van der Waals surface area contributed by atoms with Gasteiger partial charge in [-0.2, -0.15) is 0 Å². The molecule has 0 bridgehead atoms. The van der Waals surface area contributed by atoms with Gasteiger partial charge >= 0.3 is 0 Å². The fourth-order valence-corrected chi connectivity index (χ4v) is 1.57. The molecule has 0 unspecified atom stereocenters. The molecule has 1 heterocycles. The number of rotatable bonds is 4. The molecule has 0 amide bonds. The predicted octanol–water partition coefficient (Wildman–Crippen LogP) is 2.04. The second-order valence-electron chi connectivity index (χ2n) is 4.61. The van der Waals surface area contributed by atoms with Crippen LogP contribution in [0.15, 0.2) is 6.33 Å². The van der Waals surface area contributed by atoms with Crippen molar-refractivity contribution in [1.82, 2.24) is 9.97 Å². The maximum absolute atomic E-state index is 4.26. The molecule has 0 spiro atoms. The predicted molar refractivity (Wildman–Crippen MR) is 62.1 cm³/mol. The highest BCUT2D eigenvalue weighted by atomic mass is 15.1. The highest BCUT2D eigenvalue weighted by Gasteiger charge is 2.36. The van der Waals surface area contributed by atoms with Gasteiger partial charge in [-0.05, 0) is 25.2 Å². The van der Waals surface area contributed by atoms with Gasteiger partial charge in [-0.25, -0.2) is 9.97 Å².